The van der Waals surface area contributed by atoms with E-state index in [0.29, 0.717) is 5.56 Å². The SMILES string of the molecule is CSc1ccccc1-c1ccc(N2CCC(NC(=O)Nc3ccc(C(F)(F)F)cc3)C2=O)c(F)c1F. The van der Waals surface area contributed by atoms with Gasteiger partial charge in [0.15, 0.2) is 11.6 Å². The molecule has 3 aromatic carbocycles. The highest BCUT2D eigenvalue weighted by Crippen LogP contribution is 2.36. The van der Waals surface area contributed by atoms with E-state index in [9.17, 15) is 22.8 Å². The number of carbonyl (C=O) groups excluding carboxylic acids is 2. The van der Waals surface area contributed by atoms with Crippen LogP contribution in [0.4, 0.5) is 38.1 Å². The number of alkyl halides is 3. The fraction of sp³-hybridized carbons (Fsp3) is 0.200. The minimum Gasteiger partial charge on any atom is -0.326 e. The van der Waals surface area contributed by atoms with E-state index in [4.69, 9.17) is 0 Å². The number of carbonyl (C=O) groups is 2. The molecular formula is C25H20F5N3O2S. The van der Waals surface area contributed by atoms with Gasteiger partial charge in [-0.2, -0.15) is 13.2 Å². The molecule has 1 heterocycles. The van der Waals surface area contributed by atoms with Crippen molar-refractivity contribution in [2.24, 2.45) is 0 Å². The number of thioether (sulfide) groups is 1. The molecule has 1 saturated heterocycles. The van der Waals surface area contributed by atoms with Gasteiger partial charge < -0.3 is 15.5 Å². The van der Waals surface area contributed by atoms with Crippen molar-refractivity contribution in [1.29, 1.82) is 0 Å². The number of anilines is 2. The number of hydrogen-bond donors (Lipinski definition) is 2. The highest BCUT2D eigenvalue weighted by Gasteiger charge is 2.36. The minimum atomic E-state index is -4.51. The van der Waals surface area contributed by atoms with Crippen LogP contribution in [0.1, 0.15) is 12.0 Å². The molecule has 3 aromatic rings. The maximum Gasteiger partial charge on any atom is 0.416 e. The molecule has 11 heteroatoms. The highest BCUT2D eigenvalue weighted by molar-refractivity contribution is 7.98. The van der Waals surface area contributed by atoms with Gasteiger partial charge in [0.2, 0.25) is 5.91 Å². The number of benzene rings is 3. The van der Waals surface area contributed by atoms with E-state index in [1.54, 1.807) is 24.3 Å². The van der Waals surface area contributed by atoms with Crippen LogP contribution in [0.2, 0.25) is 0 Å². The lowest BCUT2D eigenvalue weighted by Crippen LogP contribution is -2.43. The molecule has 0 radical (unpaired) electrons. The molecule has 0 spiro atoms. The summed E-state index contributed by atoms with van der Waals surface area (Å²) in [4.78, 5) is 26.9. The number of amides is 3. The summed E-state index contributed by atoms with van der Waals surface area (Å²) < 4.78 is 68.1. The molecule has 3 amide bonds. The predicted molar refractivity (Wildman–Crippen MR) is 128 cm³/mol. The van der Waals surface area contributed by atoms with Gasteiger partial charge in [0, 0.05) is 22.7 Å². The largest absolute Gasteiger partial charge is 0.416 e. The van der Waals surface area contributed by atoms with Gasteiger partial charge in [-0.25, -0.2) is 13.6 Å². The van der Waals surface area contributed by atoms with E-state index in [0.717, 1.165) is 34.1 Å². The van der Waals surface area contributed by atoms with Crippen molar-refractivity contribution >= 4 is 35.1 Å². The lowest BCUT2D eigenvalue weighted by Gasteiger charge is -2.19. The van der Waals surface area contributed by atoms with E-state index in [2.05, 4.69) is 10.6 Å². The summed E-state index contributed by atoms with van der Waals surface area (Å²) in [6.45, 7) is 0.0428. The van der Waals surface area contributed by atoms with Crippen LogP contribution >= 0.6 is 11.8 Å². The first-order valence-corrected chi connectivity index (χ1v) is 12.0. The maximum absolute atomic E-state index is 15.0. The topological polar surface area (TPSA) is 61.4 Å². The Kier molecular flexibility index (Phi) is 7.21. The predicted octanol–water partition coefficient (Wildman–Crippen LogP) is 6.30. The van der Waals surface area contributed by atoms with E-state index < -0.39 is 41.4 Å². The number of rotatable bonds is 5. The summed E-state index contributed by atoms with van der Waals surface area (Å²) in [6, 6.07) is 11.7. The number of nitrogens with zero attached hydrogens (tertiary/aromatic N) is 1. The third-order valence-corrected chi connectivity index (χ3v) is 6.53. The second-order valence-corrected chi connectivity index (χ2v) is 8.81. The smallest absolute Gasteiger partial charge is 0.326 e. The van der Waals surface area contributed by atoms with Crippen molar-refractivity contribution in [3.05, 3.63) is 77.9 Å². The van der Waals surface area contributed by atoms with E-state index in [1.807, 2.05) is 6.26 Å². The zero-order valence-electron chi connectivity index (χ0n) is 18.8. The quantitative estimate of drug-likeness (QED) is 0.306. The molecule has 0 saturated carbocycles. The lowest BCUT2D eigenvalue weighted by molar-refractivity contribution is -0.137. The summed E-state index contributed by atoms with van der Waals surface area (Å²) >= 11 is 1.39. The van der Waals surface area contributed by atoms with Crippen LogP contribution in [-0.4, -0.2) is 30.8 Å². The Morgan fingerprint density at radius 1 is 0.972 bits per heavy atom. The third kappa shape index (κ3) is 5.15. The molecule has 1 atom stereocenters. The molecule has 36 heavy (non-hydrogen) atoms. The summed E-state index contributed by atoms with van der Waals surface area (Å²) in [5.41, 5.74) is -0.418. The lowest BCUT2D eigenvalue weighted by atomic mass is 10.0. The number of halogens is 5. The maximum atomic E-state index is 15.0. The second kappa shape index (κ2) is 10.2. The Labute approximate surface area is 207 Å². The molecule has 1 aliphatic rings. The normalized spacial score (nSPS) is 15.8. The molecule has 188 valence electrons. The van der Waals surface area contributed by atoms with Crippen molar-refractivity contribution in [3.8, 4) is 11.1 Å². The van der Waals surface area contributed by atoms with Crippen LogP contribution in [0.25, 0.3) is 11.1 Å². The zero-order valence-corrected chi connectivity index (χ0v) is 19.6. The molecule has 2 N–H and O–H groups in total. The Morgan fingerprint density at radius 3 is 2.33 bits per heavy atom. The third-order valence-electron chi connectivity index (χ3n) is 5.73. The van der Waals surface area contributed by atoms with E-state index in [-0.39, 0.29) is 29.9 Å². The van der Waals surface area contributed by atoms with Gasteiger partial charge in [-0.15, -0.1) is 11.8 Å². The van der Waals surface area contributed by atoms with Gasteiger partial charge in [0.25, 0.3) is 0 Å². The van der Waals surface area contributed by atoms with Crippen LogP contribution in [-0.2, 0) is 11.0 Å². The summed E-state index contributed by atoms with van der Waals surface area (Å²) in [6.07, 6.45) is -2.55. The fourth-order valence-electron chi connectivity index (χ4n) is 3.94. The van der Waals surface area contributed by atoms with Crippen molar-refractivity contribution in [2.45, 2.75) is 23.5 Å². The van der Waals surface area contributed by atoms with E-state index in [1.165, 1.54) is 23.9 Å². The number of nitrogens with one attached hydrogen (secondary N) is 2. The van der Waals surface area contributed by atoms with Gasteiger partial charge in [-0.3, -0.25) is 4.79 Å². The van der Waals surface area contributed by atoms with Gasteiger partial charge in [0.1, 0.15) is 6.04 Å². The standard InChI is InChI=1S/C25H20F5N3O2S/c1-36-20-5-3-2-4-16(20)17-10-11-19(22(27)21(17)26)33-13-12-18(23(33)34)32-24(35)31-15-8-6-14(7-9-15)25(28,29)30/h2-11,18H,12-13H2,1H3,(H2,31,32,35). The fourth-order valence-corrected chi connectivity index (χ4v) is 4.56. The van der Waals surface area contributed by atoms with Crippen molar-refractivity contribution < 1.29 is 31.5 Å². The zero-order chi connectivity index (χ0) is 26.0. The molecule has 5 nitrogen and oxygen atoms in total. The van der Waals surface area contributed by atoms with Gasteiger partial charge in [-0.1, -0.05) is 18.2 Å². The Balaban J connectivity index is 1.45. The molecule has 1 unspecified atom stereocenters. The monoisotopic (exact) mass is 521 g/mol. The summed E-state index contributed by atoms with van der Waals surface area (Å²) in [5, 5.41) is 4.78. The summed E-state index contributed by atoms with van der Waals surface area (Å²) in [7, 11) is 0. The Bertz CT molecular complexity index is 1300. The molecule has 0 bridgehead atoms. The number of urea groups is 1. The average Bonchev–Trinajstić information content (AvgIpc) is 3.20. The minimum absolute atomic E-state index is 0.0428. The molecular weight excluding hydrogens is 501 g/mol. The van der Waals surface area contributed by atoms with Crippen LogP contribution < -0.4 is 15.5 Å². The average molecular weight is 522 g/mol. The van der Waals surface area contributed by atoms with E-state index >= 15 is 8.78 Å². The first kappa shape index (κ1) is 25.5. The molecule has 4 rings (SSSR count). The molecule has 0 aromatic heterocycles. The van der Waals surface area contributed by atoms with Crippen LogP contribution in [0.15, 0.2) is 65.6 Å². The van der Waals surface area contributed by atoms with Crippen molar-refractivity contribution in [2.75, 3.05) is 23.0 Å². The van der Waals surface area contributed by atoms with Crippen LogP contribution in [0, 0.1) is 11.6 Å². The van der Waals surface area contributed by atoms with Gasteiger partial charge in [0.05, 0.1) is 11.3 Å². The molecule has 0 aliphatic carbocycles. The Morgan fingerprint density at radius 2 is 1.67 bits per heavy atom. The highest BCUT2D eigenvalue weighted by atomic mass is 32.2. The number of hydrogen-bond acceptors (Lipinski definition) is 3. The summed E-state index contributed by atoms with van der Waals surface area (Å²) in [5.74, 6) is -2.89. The van der Waals surface area contributed by atoms with Crippen LogP contribution in [0.5, 0.6) is 0 Å². The van der Waals surface area contributed by atoms with Crippen molar-refractivity contribution in [3.63, 3.8) is 0 Å². The van der Waals surface area contributed by atoms with Gasteiger partial charge in [-0.05, 0) is 60.7 Å². The molecule has 1 aliphatic heterocycles. The second-order valence-electron chi connectivity index (χ2n) is 7.97. The van der Waals surface area contributed by atoms with Crippen LogP contribution in [0.3, 0.4) is 0 Å². The first-order valence-electron chi connectivity index (χ1n) is 10.8. The van der Waals surface area contributed by atoms with Gasteiger partial charge >= 0.3 is 12.2 Å². The van der Waals surface area contributed by atoms with Crippen molar-refractivity contribution in [1.82, 2.24) is 5.32 Å². The first-order chi connectivity index (χ1) is 17.1. The molecule has 1 fully saturated rings. The Hall–Kier alpha value is -3.60.